The Morgan fingerprint density at radius 2 is 1.74 bits per heavy atom. The molecule has 3 aromatic heterocycles. The molecule has 0 radical (unpaired) electrons. The van der Waals surface area contributed by atoms with E-state index in [1.54, 1.807) is 28.8 Å². The summed E-state index contributed by atoms with van der Waals surface area (Å²) in [6, 6.07) is 22.4. The van der Waals surface area contributed by atoms with Gasteiger partial charge in [-0.3, -0.25) is 0 Å². The minimum atomic E-state index is -0.526. The van der Waals surface area contributed by atoms with Gasteiger partial charge >= 0.3 is 5.97 Å². The third kappa shape index (κ3) is 4.85. The molecule has 0 amide bonds. The number of unbranched alkanes of at least 4 members (excludes halogenated alkanes) is 2. The molecule has 0 fully saturated rings. The number of aromatic nitrogens is 6. The summed E-state index contributed by atoms with van der Waals surface area (Å²) in [6.45, 7) is 2.92. The van der Waals surface area contributed by atoms with Crippen molar-refractivity contribution in [2.24, 2.45) is 0 Å². The van der Waals surface area contributed by atoms with Crippen LogP contribution >= 0.6 is 11.3 Å². The molecule has 0 atom stereocenters. The number of benzene rings is 3. The molecule has 0 saturated heterocycles. The van der Waals surface area contributed by atoms with Crippen LogP contribution in [0.2, 0.25) is 0 Å². The lowest BCUT2D eigenvalue weighted by atomic mass is 10.1. The summed E-state index contributed by atoms with van der Waals surface area (Å²) < 4.78 is 7.58. The Morgan fingerprint density at radius 3 is 2.53 bits per heavy atom. The minimum absolute atomic E-state index is 0.396. The lowest BCUT2D eigenvalue weighted by molar-refractivity contribution is 0.0409. The van der Waals surface area contributed by atoms with Crippen LogP contribution in [-0.2, 0) is 0 Å². The fourth-order valence-corrected chi connectivity index (χ4v) is 4.90. The van der Waals surface area contributed by atoms with Gasteiger partial charge in [0, 0.05) is 11.1 Å². The van der Waals surface area contributed by atoms with Gasteiger partial charge in [0.2, 0.25) is 4.96 Å². The number of ether oxygens (including phenoxy) is 1. The molecule has 190 valence electrons. The number of para-hydroxylation sites is 1. The zero-order valence-electron chi connectivity index (χ0n) is 20.7. The van der Waals surface area contributed by atoms with E-state index < -0.39 is 5.97 Å². The number of hydrogen-bond donors (Lipinski definition) is 0. The maximum atomic E-state index is 12.6. The van der Waals surface area contributed by atoms with Crippen LogP contribution in [0.1, 0.15) is 36.5 Å². The van der Waals surface area contributed by atoms with Crippen molar-refractivity contribution in [2.45, 2.75) is 26.2 Å². The molecule has 0 N–H and O–H groups in total. The van der Waals surface area contributed by atoms with Crippen molar-refractivity contribution >= 4 is 33.3 Å². The Balaban J connectivity index is 1.13. The largest absolute Gasteiger partial charge is 0.494 e. The van der Waals surface area contributed by atoms with Crippen LogP contribution in [0.4, 0.5) is 0 Å². The third-order valence-corrected chi connectivity index (χ3v) is 7.04. The van der Waals surface area contributed by atoms with Crippen LogP contribution in [0.3, 0.4) is 0 Å². The standard InChI is InChI=1S/C28H24N6O3S/c1-2-3-6-17-36-22-15-13-20(14-16-22)26-31-33-18-24(29-28(33)38-26)19-9-11-21(12-10-19)27(35)37-34-25-8-5-4-7-23(25)30-32-34/h4-5,7-16,18H,2-3,6,17H2,1H3. The summed E-state index contributed by atoms with van der Waals surface area (Å²) in [7, 11) is 0. The van der Waals surface area contributed by atoms with Gasteiger partial charge in [0.25, 0.3) is 0 Å². The first kappa shape index (κ1) is 23.8. The Hall–Kier alpha value is -4.57. The summed E-state index contributed by atoms with van der Waals surface area (Å²) in [5.74, 6) is 0.345. The molecule has 38 heavy (non-hydrogen) atoms. The lowest BCUT2D eigenvalue weighted by Gasteiger charge is -2.05. The lowest BCUT2D eigenvalue weighted by Crippen LogP contribution is -2.20. The van der Waals surface area contributed by atoms with Crippen molar-refractivity contribution in [3.05, 3.63) is 84.6 Å². The van der Waals surface area contributed by atoms with E-state index in [2.05, 4.69) is 17.2 Å². The summed E-state index contributed by atoms with van der Waals surface area (Å²) in [5, 5.41) is 13.5. The highest BCUT2D eigenvalue weighted by Gasteiger charge is 2.15. The van der Waals surface area contributed by atoms with Crippen molar-refractivity contribution in [3.8, 4) is 27.6 Å². The van der Waals surface area contributed by atoms with Gasteiger partial charge in [-0.2, -0.15) is 5.10 Å². The van der Waals surface area contributed by atoms with Crippen LogP contribution in [0.25, 0.3) is 37.8 Å². The Labute approximate surface area is 222 Å². The van der Waals surface area contributed by atoms with E-state index in [0.29, 0.717) is 16.6 Å². The van der Waals surface area contributed by atoms with Gasteiger partial charge in [-0.1, -0.05) is 60.2 Å². The number of carbonyl (C=O) groups excluding carboxylic acids is 1. The van der Waals surface area contributed by atoms with Crippen molar-refractivity contribution in [3.63, 3.8) is 0 Å². The van der Waals surface area contributed by atoms with Gasteiger partial charge in [0.15, 0.2) is 0 Å². The van der Waals surface area contributed by atoms with E-state index >= 15 is 0 Å². The second-order valence-electron chi connectivity index (χ2n) is 8.75. The molecule has 3 aromatic carbocycles. The smallest absolute Gasteiger partial charge is 0.365 e. The number of nitrogens with zero attached hydrogens (tertiary/aromatic N) is 6. The van der Waals surface area contributed by atoms with Crippen molar-refractivity contribution in [2.75, 3.05) is 6.61 Å². The third-order valence-electron chi connectivity index (χ3n) is 6.07. The van der Waals surface area contributed by atoms with Crippen LogP contribution < -0.4 is 9.57 Å². The van der Waals surface area contributed by atoms with E-state index in [4.69, 9.17) is 19.7 Å². The zero-order chi connectivity index (χ0) is 25.9. The Morgan fingerprint density at radius 1 is 0.947 bits per heavy atom. The van der Waals surface area contributed by atoms with E-state index in [1.165, 1.54) is 24.2 Å². The molecule has 3 heterocycles. The van der Waals surface area contributed by atoms with Gasteiger partial charge in [-0.15, -0.1) is 5.10 Å². The molecule has 6 aromatic rings. The van der Waals surface area contributed by atoms with Gasteiger partial charge in [0.05, 0.1) is 24.1 Å². The summed E-state index contributed by atoms with van der Waals surface area (Å²) in [6.07, 6.45) is 5.31. The highest BCUT2D eigenvalue weighted by Crippen LogP contribution is 2.29. The SMILES string of the molecule is CCCCCOc1ccc(-c2nn3cc(-c4ccc(C(=O)On5nnc6ccccc65)cc4)nc3s2)cc1. The monoisotopic (exact) mass is 524 g/mol. The quantitative estimate of drug-likeness (QED) is 0.177. The normalized spacial score (nSPS) is 11.3. The first-order valence-electron chi connectivity index (χ1n) is 12.4. The molecular weight excluding hydrogens is 500 g/mol. The van der Waals surface area contributed by atoms with Gasteiger partial charge in [-0.05, 0) is 60.2 Å². The average Bonchev–Trinajstić information content (AvgIpc) is 3.66. The first-order valence-corrected chi connectivity index (χ1v) is 13.2. The second kappa shape index (κ2) is 10.4. The number of carbonyl (C=O) groups is 1. The molecule has 0 aliphatic carbocycles. The van der Waals surface area contributed by atoms with Gasteiger partial charge < -0.3 is 9.57 Å². The Bertz CT molecular complexity index is 1670. The van der Waals surface area contributed by atoms with Gasteiger partial charge in [0.1, 0.15) is 21.8 Å². The average molecular weight is 525 g/mol. The van der Waals surface area contributed by atoms with E-state index in [-0.39, 0.29) is 0 Å². The molecule has 0 saturated carbocycles. The highest BCUT2D eigenvalue weighted by molar-refractivity contribution is 7.19. The number of fused-ring (bicyclic) bond motifs is 2. The molecule has 0 aliphatic rings. The van der Waals surface area contributed by atoms with Crippen molar-refractivity contribution in [1.82, 2.24) is 29.8 Å². The number of rotatable bonds is 9. The fourth-order valence-electron chi connectivity index (χ4n) is 4.01. The van der Waals surface area contributed by atoms with Crippen LogP contribution in [-0.4, -0.2) is 42.3 Å². The molecule has 0 aliphatic heterocycles. The molecular formula is C28H24N6O3S. The second-order valence-corrected chi connectivity index (χ2v) is 9.70. The molecule has 0 unspecified atom stereocenters. The molecule has 0 spiro atoms. The fraction of sp³-hybridized carbons (Fsp3) is 0.179. The Kier molecular flexibility index (Phi) is 6.53. The summed E-state index contributed by atoms with van der Waals surface area (Å²) >= 11 is 1.52. The predicted octanol–water partition coefficient (Wildman–Crippen LogP) is 5.71. The van der Waals surface area contributed by atoms with Crippen LogP contribution in [0, 0.1) is 0 Å². The number of imidazole rings is 1. The predicted molar refractivity (Wildman–Crippen MR) is 145 cm³/mol. The van der Waals surface area contributed by atoms with Crippen LogP contribution in [0.15, 0.2) is 79.0 Å². The maximum absolute atomic E-state index is 12.6. The van der Waals surface area contributed by atoms with Crippen molar-refractivity contribution < 1.29 is 14.4 Å². The summed E-state index contributed by atoms with van der Waals surface area (Å²) in [4.78, 5) is 24.7. The van der Waals surface area contributed by atoms with Crippen molar-refractivity contribution in [1.29, 1.82) is 0 Å². The first-order chi connectivity index (χ1) is 18.7. The van der Waals surface area contributed by atoms with Gasteiger partial charge in [-0.25, -0.2) is 14.3 Å². The van der Waals surface area contributed by atoms with E-state index in [9.17, 15) is 4.79 Å². The maximum Gasteiger partial charge on any atom is 0.365 e. The van der Waals surface area contributed by atoms with E-state index in [1.807, 2.05) is 54.7 Å². The highest BCUT2D eigenvalue weighted by atomic mass is 32.1. The molecule has 10 heteroatoms. The van der Waals surface area contributed by atoms with E-state index in [0.717, 1.165) is 50.4 Å². The number of hydrogen-bond acceptors (Lipinski definition) is 8. The molecule has 0 bridgehead atoms. The topological polar surface area (TPSA) is 96.4 Å². The zero-order valence-corrected chi connectivity index (χ0v) is 21.5. The summed E-state index contributed by atoms with van der Waals surface area (Å²) in [5.41, 5.74) is 4.33. The minimum Gasteiger partial charge on any atom is -0.494 e. The molecule has 6 rings (SSSR count). The van der Waals surface area contributed by atoms with Crippen LogP contribution in [0.5, 0.6) is 5.75 Å². The molecule has 9 nitrogen and oxygen atoms in total.